The van der Waals surface area contributed by atoms with Gasteiger partial charge in [0.2, 0.25) is 5.91 Å². The summed E-state index contributed by atoms with van der Waals surface area (Å²) in [6.07, 6.45) is 6.13. The van der Waals surface area contributed by atoms with Crippen molar-refractivity contribution in [1.29, 1.82) is 0 Å². The van der Waals surface area contributed by atoms with Crippen LogP contribution in [0.25, 0.3) is 0 Å². The lowest BCUT2D eigenvalue weighted by Crippen LogP contribution is -2.38. The van der Waals surface area contributed by atoms with E-state index in [2.05, 4.69) is 10.6 Å². The summed E-state index contributed by atoms with van der Waals surface area (Å²) >= 11 is 0. The fourth-order valence-corrected chi connectivity index (χ4v) is 2.73. The molecule has 0 aliphatic heterocycles. The third-order valence-corrected chi connectivity index (χ3v) is 4.06. The molecule has 0 spiro atoms. The third-order valence-electron chi connectivity index (χ3n) is 4.06. The highest BCUT2D eigenvalue weighted by Crippen LogP contribution is 2.17. The van der Waals surface area contributed by atoms with Gasteiger partial charge in [-0.25, -0.2) is 0 Å². The molecule has 0 atom stereocenters. The molecule has 0 aromatic heterocycles. The molecule has 5 heteroatoms. The van der Waals surface area contributed by atoms with Gasteiger partial charge in [0.1, 0.15) is 0 Å². The summed E-state index contributed by atoms with van der Waals surface area (Å²) in [6, 6.07) is 7.50. The predicted molar refractivity (Wildman–Crippen MR) is 86.3 cm³/mol. The number of nitrogens with two attached hydrogens (primary N) is 1. The molecule has 120 valence electrons. The molecular formula is C17H25N3O2. The minimum atomic E-state index is -0.158. The maximum atomic E-state index is 11.9. The summed E-state index contributed by atoms with van der Waals surface area (Å²) in [7, 11) is 0. The van der Waals surface area contributed by atoms with E-state index in [1.807, 2.05) is 12.1 Å². The van der Waals surface area contributed by atoms with E-state index in [1.54, 1.807) is 12.1 Å². The molecule has 0 radical (unpaired) electrons. The lowest BCUT2D eigenvalue weighted by molar-refractivity contribution is -0.121. The standard InChI is InChI=1S/C17H25N3O2/c18-12-13-6-8-14(9-7-13)17(22)19-11-10-16(21)20-15-4-2-1-3-5-15/h6-9,15H,1-5,10-12,18H2,(H,19,22)(H,20,21). The lowest BCUT2D eigenvalue weighted by Gasteiger charge is -2.22. The SMILES string of the molecule is NCc1ccc(C(=O)NCCC(=O)NC2CCCCC2)cc1. The Hall–Kier alpha value is -1.88. The van der Waals surface area contributed by atoms with Gasteiger partial charge in [0.25, 0.3) is 5.91 Å². The van der Waals surface area contributed by atoms with Gasteiger partial charge in [-0.1, -0.05) is 31.4 Å². The van der Waals surface area contributed by atoms with Gasteiger partial charge in [0.15, 0.2) is 0 Å². The molecule has 2 rings (SSSR count). The number of nitrogens with one attached hydrogen (secondary N) is 2. The maximum absolute atomic E-state index is 11.9. The van der Waals surface area contributed by atoms with E-state index in [4.69, 9.17) is 5.73 Å². The van der Waals surface area contributed by atoms with Crippen LogP contribution >= 0.6 is 0 Å². The summed E-state index contributed by atoms with van der Waals surface area (Å²) in [5.74, 6) is -0.139. The van der Waals surface area contributed by atoms with E-state index in [9.17, 15) is 9.59 Å². The molecule has 5 nitrogen and oxygen atoms in total. The Balaban J connectivity index is 1.68. The average Bonchev–Trinajstić information content (AvgIpc) is 2.55. The van der Waals surface area contributed by atoms with Crippen LogP contribution in [0.4, 0.5) is 0 Å². The second kappa shape index (κ2) is 8.54. The molecule has 0 saturated heterocycles. The summed E-state index contributed by atoms with van der Waals surface area (Å²) < 4.78 is 0. The average molecular weight is 303 g/mol. The van der Waals surface area contributed by atoms with Crippen molar-refractivity contribution >= 4 is 11.8 Å². The van der Waals surface area contributed by atoms with Crippen LogP contribution in [0.2, 0.25) is 0 Å². The van der Waals surface area contributed by atoms with Crippen molar-refractivity contribution in [1.82, 2.24) is 10.6 Å². The van der Waals surface area contributed by atoms with Gasteiger partial charge in [-0.15, -0.1) is 0 Å². The smallest absolute Gasteiger partial charge is 0.251 e. The van der Waals surface area contributed by atoms with Crippen molar-refractivity contribution in [3.05, 3.63) is 35.4 Å². The van der Waals surface area contributed by atoms with E-state index >= 15 is 0 Å². The molecular weight excluding hydrogens is 278 g/mol. The van der Waals surface area contributed by atoms with Crippen LogP contribution in [0.3, 0.4) is 0 Å². The Bertz CT molecular complexity index is 493. The minimum absolute atomic E-state index is 0.0191. The monoisotopic (exact) mass is 303 g/mol. The van der Waals surface area contributed by atoms with Gasteiger partial charge in [-0.05, 0) is 30.5 Å². The van der Waals surface area contributed by atoms with Crippen LogP contribution in [0.5, 0.6) is 0 Å². The molecule has 1 saturated carbocycles. The van der Waals surface area contributed by atoms with Gasteiger partial charge in [-0.2, -0.15) is 0 Å². The third kappa shape index (κ3) is 5.15. The largest absolute Gasteiger partial charge is 0.353 e. The van der Waals surface area contributed by atoms with E-state index in [0.717, 1.165) is 18.4 Å². The summed E-state index contributed by atoms with van der Waals surface area (Å²) in [4.78, 5) is 23.8. The van der Waals surface area contributed by atoms with Crippen molar-refractivity contribution in [3.63, 3.8) is 0 Å². The van der Waals surface area contributed by atoms with Crippen LogP contribution in [0.15, 0.2) is 24.3 Å². The molecule has 2 amide bonds. The molecule has 0 bridgehead atoms. The number of rotatable bonds is 6. The molecule has 1 aromatic carbocycles. The quantitative estimate of drug-likeness (QED) is 0.748. The lowest BCUT2D eigenvalue weighted by atomic mass is 9.95. The molecule has 22 heavy (non-hydrogen) atoms. The van der Waals surface area contributed by atoms with Crippen LogP contribution in [-0.2, 0) is 11.3 Å². The van der Waals surface area contributed by atoms with E-state index in [1.165, 1.54) is 19.3 Å². The predicted octanol–water partition coefficient (Wildman–Crippen LogP) is 1.71. The van der Waals surface area contributed by atoms with Crippen molar-refractivity contribution in [2.75, 3.05) is 6.54 Å². The highest BCUT2D eigenvalue weighted by atomic mass is 16.2. The molecule has 1 aromatic rings. The number of hydrogen-bond acceptors (Lipinski definition) is 3. The summed E-state index contributed by atoms with van der Waals surface area (Å²) in [6.45, 7) is 0.819. The van der Waals surface area contributed by atoms with E-state index in [-0.39, 0.29) is 11.8 Å². The Labute approximate surface area is 131 Å². The topological polar surface area (TPSA) is 84.2 Å². The van der Waals surface area contributed by atoms with Crippen LogP contribution < -0.4 is 16.4 Å². The first-order valence-corrected chi connectivity index (χ1v) is 8.05. The van der Waals surface area contributed by atoms with Gasteiger partial charge in [-0.3, -0.25) is 9.59 Å². The van der Waals surface area contributed by atoms with Crippen LogP contribution in [-0.4, -0.2) is 24.4 Å². The normalized spacial score (nSPS) is 15.3. The first-order chi connectivity index (χ1) is 10.7. The number of benzene rings is 1. The van der Waals surface area contributed by atoms with Crippen LogP contribution in [0, 0.1) is 0 Å². The maximum Gasteiger partial charge on any atom is 0.251 e. The molecule has 1 aliphatic rings. The first-order valence-electron chi connectivity index (χ1n) is 8.05. The van der Waals surface area contributed by atoms with Gasteiger partial charge in [0.05, 0.1) is 0 Å². The highest BCUT2D eigenvalue weighted by molar-refractivity contribution is 5.94. The van der Waals surface area contributed by atoms with Crippen LogP contribution in [0.1, 0.15) is 54.4 Å². The van der Waals surface area contributed by atoms with E-state index < -0.39 is 0 Å². The summed E-state index contributed by atoms with van der Waals surface area (Å²) in [5.41, 5.74) is 7.10. The Kier molecular flexibility index (Phi) is 6.40. The zero-order chi connectivity index (χ0) is 15.8. The fourth-order valence-electron chi connectivity index (χ4n) is 2.73. The number of carbonyl (C=O) groups is 2. The molecule has 1 aliphatic carbocycles. The Morgan fingerprint density at radius 3 is 2.41 bits per heavy atom. The fraction of sp³-hybridized carbons (Fsp3) is 0.529. The van der Waals surface area contributed by atoms with E-state index in [0.29, 0.717) is 31.1 Å². The Morgan fingerprint density at radius 1 is 1.09 bits per heavy atom. The number of amides is 2. The van der Waals surface area contributed by atoms with Crippen molar-refractivity contribution in [2.45, 2.75) is 51.1 Å². The van der Waals surface area contributed by atoms with Gasteiger partial charge < -0.3 is 16.4 Å². The number of hydrogen-bond donors (Lipinski definition) is 3. The van der Waals surface area contributed by atoms with Gasteiger partial charge in [0, 0.05) is 31.1 Å². The summed E-state index contributed by atoms with van der Waals surface area (Å²) in [5, 5.41) is 5.82. The second-order valence-electron chi connectivity index (χ2n) is 5.81. The molecule has 0 heterocycles. The Morgan fingerprint density at radius 2 is 1.77 bits per heavy atom. The first kappa shape index (κ1) is 16.5. The van der Waals surface area contributed by atoms with Crippen molar-refractivity contribution in [3.8, 4) is 0 Å². The zero-order valence-electron chi connectivity index (χ0n) is 12.9. The van der Waals surface area contributed by atoms with Crippen molar-refractivity contribution < 1.29 is 9.59 Å². The van der Waals surface area contributed by atoms with Crippen molar-refractivity contribution in [2.24, 2.45) is 5.73 Å². The molecule has 0 unspecified atom stereocenters. The second-order valence-corrected chi connectivity index (χ2v) is 5.81. The molecule has 4 N–H and O–H groups in total. The number of carbonyl (C=O) groups excluding carboxylic acids is 2. The zero-order valence-corrected chi connectivity index (χ0v) is 12.9. The minimum Gasteiger partial charge on any atom is -0.353 e. The van der Waals surface area contributed by atoms with Gasteiger partial charge >= 0.3 is 0 Å². The highest BCUT2D eigenvalue weighted by Gasteiger charge is 2.15. The molecule has 1 fully saturated rings.